The monoisotopic (exact) mass is 485 g/mol. The summed E-state index contributed by atoms with van der Waals surface area (Å²) in [6.45, 7) is 3.64. The van der Waals surface area contributed by atoms with Crippen LogP contribution in [-0.2, 0) is 32.6 Å². The average molecular weight is 486 g/mol. The van der Waals surface area contributed by atoms with E-state index in [-0.39, 0.29) is 34.5 Å². The maximum Gasteiger partial charge on any atom is 0.274 e. The Hall–Kier alpha value is -2.04. The molecule has 1 atom stereocenters. The normalized spacial score (nSPS) is 18.1. The van der Waals surface area contributed by atoms with E-state index in [0.29, 0.717) is 6.42 Å². The highest BCUT2D eigenvalue weighted by Crippen LogP contribution is 2.25. The number of aryl methyl sites for hydroxylation is 1. The summed E-state index contributed by atoms with van der Waals surface area (Å²) in [5, 5.41) is -0.568. The van der Waals surface area contributed by atoms with Gasteiger partial charge in [0.25, 0.3) is 5.91 Å². The summed E-state index contributed by atoms with van der Waals surface area (Å²) in [6, 6.07) is 7.12. The molecule has 168 valence electrons. The van der Waals surface area contributed by atoms with E-state index >= 15 is 0 Å². The van der Waals surface area contributed by atoms with E-state index < -0.39 is 36.8 Å². The SMILES string of the molecule is CCc1ccc(CN(C(=O)c2nc(S(=O)(=O)CC)ncc2Cl)C2CCS(=O)(=O)C2)cc1. The first-order valence-corrected chi connectivity index (χ1v) is 13.8. The third kappa shape index (κ3) is 5.42. The molecule has 2 aromatic rings. The lowest BCUT2D eigenvalue weighted by Crippen LogP contribution is -2.41. The number of hydrogen-bond acceptors (Lipinski definition) is 7. The van der Waals surface area contributed by atoms with Crippen LogP contribution in [0.15, 0.2) is 35.6 Å². The summed E-state index contributed by atoms with van der Waals surface area (Å²) in [7, 11) is -7.01. The Morgan fingerprint density at radius 3 is 2.39 bits per heavy atom. The first kappa shape index (κ1) is 23.6. The van der Waals surface area contributed by atoms with Gasteiger partial charge in [0.15, 0.2) is 15.5 Å². The van der Waals surface area contributed by atoms with E-state index in [0.717, 1.165) is 23.7 Å². The first-order valence-electron chi connectivity index (χ1n) is 9.90. The summed E-state index contributed by atoms with van der Waals surface area (Å²) < 4.78 is 48.5. The van der Waals surface area contributed by atoms with Crippen molar-refractivity contribution in [2.45, 2.75) is 44.4 Å². The zero-order valence-electron chi connectivity index (χ0n) is 17.3. The minimum Gasteiger partial charge on any atom is -0.329 e. The van der Waals surface area contributed by atoms with Crippen molar-refractivity contribution >= 4 is 37.2 Å². The van der Waals surface area contributed by atoms with Crippen LogP contribution in [0.2, 0.25) is 5.02 Å². The molecule has 1 aromatic carbocycles. The van der Waals surface area contributed by atoms with E-state index in [4.69, 9.17) is 11.6 Å². The van der Waals surface area contributed by atoms with Crippen LogP contribution in [0.25, 0.3) is 0 Å². The molecule has 31 heavy (non-hydrogen) atoms. The zero-order chi connectivity index (χ0) is 22.8. The van der Waals surface area contributed by atoms with Gasteiger partial charge in [-0.05, 0) is 24.0 Å². The quantitative estimate of drug-likeness (QED) is 0.552. The fraction of sp³-hybridized carbons (Fsp3) is 0.450. The van der Waals surface area contributed by atoms with E-state index in [2.05, 4.69) is 9.97 Å². The maximum atomic E-state index is 13.4. The number of carbonyl (C=O) groups is 1. The highest BCUT2D eigenvalue weighted by Gasteiger charge is 2.36. The van der Waals surface area contributed by atoms with Crippen LogP contribution in [0.3, 0.4) is 0 Å². The van der Waals surface area contributed by atoms with Crippen molar-refractivity contribution in [3.63, 3.8) is 0 Å². The fourth-order valence-electron chi connectivity index (χ4n) is 3.38. The van der Waals surface area contributed by atoms with Crippen molar-refractivity contribution in [3.8, 4) is 0 Å². The third-order valence-electron chi connectivity index (χ3n) is 5.28. The molecule has 3 rings (SSSR count). The van der Waals surface area contributed by atoms with Crippen LogP contribution in [0, 0.1) is 0 Å². The van der Waals surface area contributed by atoms with Crippen LogP contribution in [0.1, 0.15) is 41.9 Å². The molecule has 1 unspecified atom stereocenters. The first-order chi connectivity index (χ1) is 14.6. The van der Waals surface area contributed by atoms with Crippen molar-refractivity contribution in [2.24, 2.45) is 0 Å². The Balaban J connectivity index is 2.00. The molecule has 2 heterocycles. The van der Waals surface area contributed by atoms with E-state index in [9.17, 15) is 21.6 Å². The van der Waals surface area contributed by atoms with Gasteiger partial charge in [0, 0.05) is 12.6 Å². The summed E-state index contributed by atoms with van der Waals surface area (Å²) in [4.78, 5) is 22.5. The molecule has 0 aliphatic carbocycles. The van der Waals surface area contributed by atoms with E-state index in [1.165, 1.54) is 11.8 Å². The minimum atomic E-state index is -3.75. The third-order valence-corrected chi connectivity index (χ3v) is 8.82. The summed E-state index contributed by atoms with van der Waals surface area (Å²) in [6.07, 6.45) is 2.25. The number of sulfone groups is 2. The number of hydrogen-bond donors (Lipinski definition) is 0. The van der Waals surface area contributed by atoms with Crippen molar-refractivity contribution in [2.75, 3.05) is 17.3 Å². The lowest BCUT2D eigenvalue weighted by molar-refractivity contribution is 0.0674. The molecule has 1 fully saturated rings. The van der Waals surface area contributed by atoms with Crippen molar-refractivity contribution in [1.82, 2.24) is 14.9 Å². The highest BCUT2D eigenvalue weighted by atomic mass is 35.5. The maximum absolute atomic E-state index is 13.4. The number of nitrogens with zero attached hydrogens (tertiary/aromatic N) is 3. The second-order valence-electron chi connectivity index (χ2n) is 7.41. The molecule has 0 N–H and O–H groups in total. The van der Waals surface area contributed by atoms with Gasteiger partial charge in [0.2, 0.25) is 15.0 Å². The van der Waals surface area contributed by atoms with Gasteiger partial charge in [-0.25, -0.2) is 26.8 Å². The number of rotatable bonds is 7. The van der Waals surface area contributed by atoms with Gasteiger partial charge in [-0.1, -0.05) is 49.7 Å². The second-order valence-corrected chi connectivity index (χ2v) is 12.2. The predicted molar refractivity (Wildman–Crippen MR) is 118 cm³/mol. The number of halogens is 1. The van der Waals surface area contributed by atoms with Gasteiger partial charge >= 0.3 is 0 Å². The topological polar surface area (TPSA) is 114 Å². The molecule has 8 nitrogen and oxygen atoms in total. The Morgan fingerprint density at radius 2 is 1.84 bits per heavy atom. The fourth-order valence-corrected chi connectivity index (χ4v) is 5.99. The predicted octanol–water partition coefficient (Wildman–Crippen LogP) is 2.32. The molecule has 0 saturated carbocycles. The van der Waals surface area contributed by atoms with Crippen LogP contribution >= 0.6 is 11.6 Å². The molecular formula is C20H24ClN3O5S2. The summed E-state index contributed by atoms with van der Waals surface area (Å²) >= 11 is 6.15. The van der Waals surface area contributed by atoms with Crippen LogP contribution in [0.5, 0.6) is 0 Å². The number of carbonyl (C=O) groups excluding carboxylic acids is 1. The van der Waals surface area contributed by atoms with Gasteiger partial charge in [-0.15, -0.1) is 0 Å². The average Bonchev–Trinajstić information content (AvgIpc) is 3.11. The molecule has 1 aliphatic heterocycles. The van der Waals surface area contributed by atoms with Crippen molar-refractivity contribution in [1.29, 1.82) is 0 Å². The van der Waals surface area contributed by atoms with E-state index in [1.54, 1.807) is 0 Å². The molecule has 0 radical (unpaired) electrons. The molecule has 1 aromatic heterocycles. The Kier molecular flexibility index (Phi) is 7.02. The standard InChI is InChI=1S/C20H24ClN3O5S2/c1-3-14-5-7-15(8-6-14)12-24(16-9-10-30(26,27)13-16)19(25)18-17(21)11-22-20(23-18)31(28,29)4-2/h5-8,11,16H,3-4,9-10,12-13H2,1-2H3. The summed E-state index contributed by atoms with van der Waals surface area (Å²) in [5.41, 5.74) is 1.71. The van der Waals surface area contributed by atoms with Crippen LogP contribution in [-0.4, -0.2) is 60.9 Å². The van der Waals surface area contributed by atoms with Gasteiger partial charge in [-0.2, -0.15) is 0 Å². The summed E-state index contributed by atoms with van der Waals surface area (Å²) in [5.74, 6) is -1.02. The molecule has 11 heteroatoms. The molecule has 1 aliphatic rings. The highest BCUT2D eigenvalue weighted by molar-refractivity contribution is 7.91. The molecule has 1 saturated heterocycles. The molecule has 0 bridgehead atoms. The Labute approximate surface area is 187 Å². The van der Waals surface area contributed by atoms with Crippen molar-refractivity contribution in [3.05, 3.63) is 52.3 Å². The van der Waals surface area contributed by atoms with Gasteiger partial charge in [0.05, 0.1) is 28.5 Å². The van der Waals surface area contributed by atoms with Gasteiger partial charge < -0.3 is 4.90 Å². The smallest absolute Gasteiger partial charge is 0.274 e. The lowest BCUT2D eigenvalue weighted by Gasteiger charge is -2.28. The second kappa shape index (κ2) is 9.22. The number of benzene rings is 1. The van der Waals surface area contributed by atoms with Gasteiger partial charge in [-0.3, -0.25) is 4.79 Å². The molecule has 1 amide bonds. The van der Waals surface area contributed by atoms with Crippen LogP contribution < -0.4 is 0 Å². The Bertz CT molecular complexity index is 1180. The Morgan fingerprint density at radius 1 is 1.19 bits per heavy atom. The number of aromatic nitrogens is 2. The van der Waals surface area contributed by atoms with E-state index in [1.807, 2.05) is 31.2 Å². The van der Waals surface area contributed by atoms with Gasteiger partial charge in [0.1, 0.15) is 0 Å². The van der Waals surface area contributed by atoms with Crippen molar-refractivity contribution < 1.29 is 21.6 Å². The lowest BCUT2D eigenvalue weighted by atomic mass is 10.1. The minimum absolute atomic E-state index is 0.0107. The molecule has 0 spiro atoms. The number of amides is 1. The van der Waals surface area contributed by atoms with Crippen LogP contribution in [0.4, 0.5) is 0 Å². The molecular weight excluding hydrogens is 462 g/mol. The zero-order valence-corrected chi connectivity index (χ0v) is 19.7. The largest absolute Gasteiger partial charge is 0.329 e.